The number of aryl methyl sites for hydroxylation is 1. The van der Waals surface area contributed by atoms with E-state index in [0.717, 1.165) is 44.0 Å². The van der Waals surface area contributed by atoms with E-state index >= 15 is 0 Å². The fraction of sp³-hybridized carbons (Fsp3) is 0.156. The summed E-state index contributed by atoms with van der Waals surface area (Å²) in [6.45, 7) is 1.97. The number of halogens is 3. The minimum atomic E-state index is -4.59. The lowest BCUT2D eigenvalue weighted by atomic mass is 9.98. The zero-order valence-corrected chi connectivity index (χ0v) is 22.3. The first-order valence-electron chi connectivity index (χ1n) is 12.4. The van der Waals surface area contributed by atoms with Gasteiger partial charge in [0.1, 0.15) is 5.76 Å². The van der Waals surface area contributed by atoms with Crippen LogP contribution in [0.25, 0.3) is 21.9 Å². The van der Waals surface area contributed by atoms with E-state index in [-0.39, 0.29) is 24.8 Å². The number of nitrogens with zero attached hydrogens (tertiary/aromatic N) is 1. The number of rotatable bonds is 7. The van der Waals surface area contributed by atoms with Crippen molar-refractivity contribution in [2.24, 2.45) is 0 Å². The number of carbonyl (C=O) groups excluding carboxylic acids is 1. The number of furan rings is 1. The van der Waals surface area contributed by atoms with Gasteiger partial charge in [0.2, 0.25) is 5.76 Å². The van der Waals surface area contributed by atoms with Crippen molar-refractivity contribution in [3.05, 3.63) is 125 Å². The fourth-order valence-corrected chi connectivity index (χ4v) is 5.11. The molecule has 0 saturated heterocycles. The Hall–Kier alpha value is -3.97. The summed E-state index contributed by atoms with van der Waals surface area (Å²) in [6.07, 6.45) is -2.56. The number of thioether (sulfide) groups is 1. The Morgan fingerprint density at radius 1 is 0.846 bits per heavy atom. The molecule has 198 valence electrons. The largest absolute Gasteiger partial charge is 0.455 e. The Morgan fingerprint density at radius 3 is 2.33 bits per heavy atom. The lowest BCUT2D eigenvalue weighted by molar-refractivity contribution is -0.153. The third kappa shape index (κ3) is 5.88. The maximum absolute atomic E-state index is 14.0. The molecule has 0 radical (unpaired) electrons. The maximum Gasteiger partial charge on any atom is 0.449 e. The predicted molar refractivity (Wildman–Crippen MR) is 150 cm³/mol. The average Bonchev–Trinajstić information content (AvgIpc) is 3.42. The molecule has 1 amide bonds. The molecule has 4 aromatic carbocycles. The third-order valence-corrected chi connectivity index (χ3v) is 7.38. The van der Waals surface area contributed by atoms with Crippen molar-refractivity contribution < 1.29 is 22.4 Å². The Bertz CT molecular complexity index is 1620. The molecule has 5 aromatic rings. The summed E-state index contributed by atoms with van der Waals surface area (Å²) in [5, 5.41) is 1.72. The van der Waals surface area contributed by atoms with Crippen LogP contribution in [-0.2, 0) is 19.3 Å². The van der Waals surface area contributed by atoms with E-state index < -0.39 is 11.9 Å². The fourth-order valence-electron chi connectivity index (χ4n) is 4.65. The van der Waals surface area contributed by atoms with Crippen LogP contribution in [-0.4, -0.2) is 17.1 Å². The Labute approximate surface area is 229 Å². The molecule has 1 aromatic heterocycles. The highest BCUT2D eigenvalue weighted by Gasteiger charge is 2.35. The second kappa shape index (κ2) is 11.0. The van der Waals surface area contributed by atoms with Crippen molar-refractivity contribution in [3.63, 3.8) is 0 Å². The van der Waals surface area contributed by atoms with Crippen LogP contribution in [0.3, 0.4) is 0 Å². The normalized spacial score (nSPS) is 11.6. The minimum Gasteiger partial charge on any atom is -0.455 e. The molecule has 5 rings (SSSR count). The summed E-state index contributed by atoms with van der Waals surface area (Å²) in [5.74, 6) is -1.28. The summed E-state index contributed by atoms with van der Waals surface area (Å²) < 4.78 is 44.7. The van der Waals surface area contributed by atoms with Gasteiger partial charge in [-0.2, -0.15) is 13.2 Å². The molecule has 0 aliphatic heterocycles. The molecule has 0 N–H and O–H groups in total. The first-order chi connectivity index (χ1) is 18.7. The van der Waals surface area contributed by atoms with Gasteiger partial charge in [0, 0.05) is 11.4 Å². The summed E-state index contributed by atoms with van der Waals surface area (Å²) in [6, 6.07) is 29.7. The molecule has 0 bridgehead atoms. The topological polar surface area (TPSA) is 33.5 Å². The van der Waals surface area contributed by atoms with Gasteiger partial charge < -0.3 is 9.32 Å². The number of fused-ring (bicyclic) bond motifs is 1. The average molecular weight is 546 g/mol. The van der Waals surface area contributed by atoms with Crippen LogP contribution in [0.2, 0.25) is 0 Å². The van der Waals surface area contributed by atoms with Gasteiger partial charge in [-0.3, -0.25) is 4.79 Å². The number of hydrogen-bond acceptors (Lipinski definition) is 3. The van der Waals surface area contributed by atoms with Crippen LogP contribution in [0, 0.1) is 6.92 Å². The van der Waals surface area contributed by atoms with Crippen molar-refractivity contribution in [1.82, 2.24) is 4.90 Å². The number of hydrogen-bond donors (Lipinski definition) is 0. The van der Waals surface area contributed by atoms with E-state index in [0.29, 0.717) is 5.56 Å². The van der Waals surface area contributed by atoms with Gasteiger partial charge >= 0.3 is 6.18 Å². The monoisotopic (exact) mass is 545 g/mol. The van der Waals surface area contributed by atoms with E-state index in [1.165, 1.54) is 11.0 Å². The smallest absolute Gasteiger partial charge is 0.449 e. The molecule has 0 saturated carbocycles. The van der Waals surface area contributed by atoms with Crippen LogP contribution < -0.4 is 0 Å². The Balaban J connectivity index is 1.49. The number of amides is 1. The predicted octanol–water partition coefficient (Wildman–Crippen LogP) is 8.99. The van der Waals surface area contributed by atoms with Crippen molar-refractivity contribution in [3.8, 4) is 11.1 Å². The Kier molecular flexibility index (Phi) is 7.53. The molecule has 1 heterocycles. The van der Waals surface area contributed by atoms with E-state index in [2.05, 4.69) is 12.1 Å². The highest BCUT2D eigenvalue weighted by Crippen LogP contribution is 2.32. The molecule has 7 heteroatoms. The van der Waals surface area contributed by atoms with E-state index in [9.17, 15) is 18.0 Å². The highest BCUT2D eigenvalue weighted by molar-refractivity contribution is 7.98. The maximum atomic E-state index is 14.0. The van der Waals surface area contributed by atoms with Crippen molar-refractivity contribution in [2.45, 2.75) is 31.1 Å². The minimum absolute atomic E-state index is 0.0686. The van der Waals surface area contributed by atoms with Gasteiger partial charge in [-0.25, -0.2) is 0 Å². The van der Waals surface area contributed by atoms with Crippen LogP contribution in [0.5, 0.6) is 0 Å². The molecule has 0 spiro atoms. The molecular formula is C32H26F3NO2S. The number of alkyl halides is 3. The molecule has 0 aliphatic carbocycles. The van der Waals surface area contributed by atoms with Crippen molar-refractivity contribution in [1.29, 1.82) is 0 Å². The first-order valence-corrected chi connectivity index (χ1v) is 13.6. The summed E-state index contributed by atoms with van der Waals surface area (Å²) in [7, 11) is 0. The molecule has 0 aliphatic rings. The Morgan fingerprint density at radius 2 is 1.62 bits per heavy atom. The van der Waals surface area contributed by atoms with Crippen molar-refractivity contribution >= 4 is 28.4 Å². The van der Waals surface area contributed by atoms with Gasteiger partial charge in [-0.1, -0.05) is 72.8 Å². The lowest BCUT2D eigenvalue weighted by Gasteiger charge is -2.24. The van der Waals surface area contributed by atoms with Crippen LogP contribution in [0.1, 0.15) is 33.0 Å². The van der Waals surface area contributed by atoms with E-state index in [1.807, 2.05) is 86.0 Å². The van der Waals surface area contributed by atoms with Gasteiger partial charge in [-0.15, -0.1) is 11.8 Å². The van der Waals surface area contributed by atoms with E-state index in [4.69, 9.17) is 4.42 Å². The lowest BCUT2D eigenvalue weighted by Crippen LogP contribution is -2.30. The number of carbonyl (C=O) groups is 1. The third-order valence-electron chi connectivity index (χ3n) is 6.66. The molecule has 0 atom stereocenters. The molecule has 0 fully saturated rings. The second-order valence-corrected chi connectivity index (χ2v) is 10.2. The quantitative estimate of drug-likeness (QED) is 0.191. The molecule has 0 unspecified atom stereocenters. The van der Waals surface area contributed by atoms with Crippen LogP contribution in [0.4, 0.5) is 13.2 Å². The highest BCUT2D eigenvalue weighted by atomic mass is 32.2. The van der Waals surface area contributed by atoms with Gasteiger partial charge in [-0.05, 0) is 70.5 Å². The van der Waals surface area contributed by atoms with Gasteiger partial charge in [0.15, 0.2) is 0 Å². The van der Waals surface area contributed by atoms with E-state index in [1.54, 1.807) is 11.8 Å². The number of benzene rings is 4. The summed E-state index contributed by atoms with van der Waals surface area (Å²) in [5.41, 5.74) is 4.30. The van der Waals surface area contributed by atoms with Crippen LogP contribution in [0.15, 0.2) is 106 Å². The summed E-state index contributed by atoms with van der Waals surface area (Å²) in [4.78, 5) is 16.7. The van der Waals surface area contributed by atoms with Gasteiger partial charge in [0.25, 0.3) is 5.91 Å². The molecule has 3 nitrogen and oxygen atoms in total. The SMILES string of the molecule is CSc1cccc(-c2ccc(CN(Cc3ccc(C(F)(F)F)o3)C(=O)c3c(C)ccc4ccccc34)cc2)c1. The summed E-state index contributed by atoms with van der Waals surface area (Å²) >= 11 is 1.67. The second-order valence-electron chi connectivity index (χ2n) is 9.33. The van der Waals surface area contributed by atoms with Crippen molar-refractivity contribution in [2.75, 3.05) is 6.26 Å². The first kappa shape index (κ1) is 26.6. The zero-order valence-electron chi connectivity index (χ0n) is 21.5. The molecule has 39 heavy (non-hydrogen) atoms. The molecular weight excluding hydrogens is 519 g/mol. The standard InChI is InChI=1S/C32H26F3NO2S/c1-21-10-13-24-6-3-4-9-28(24)30(21)31(37)36(20-26-16-17-29(38-26)32(33,34)35)19-22-11-14-23(15-12-22)25-7-5-8-27(18-25)39-2/h3-18H,19-20H2,1-2H3. The zero-order chi connectivity index (χ0) is 27.6. The van der Waals surface area contributed by atoms with Gasteiger partial charge in [0.05, 0.1) is 12.1 Å². The van der Waals surface area contributed by atoms with Crippen LogP contribution >= 0.6 is 11.8 Å².